The second kappa shape index (κ2) is 6.14. The highest BCUT2D eigenvalue weighted by Crippen LogP contribution is 2.22. The number of amides is 1. The molecule has 4 heteroatoms. The average molecular weight is 286 g/mol. The van der Waals surface area contributed by atoms with Gasteiger partial charge in [0.15, 0.2) is 0 Å². The summed E-state index contributed by atoms with van der Waals surface area (Å²) in [6.07, 6.45) is -0.446. The minimum atomic E-state index is -0.506. The Morgan fingerprint density at radius 3 is 2.57 bits per heavy atom. The fourth-order valence-corrected chi connectivity index (χ4v) is 2.19. The van der Waals surface area contributed by atoms with E-state index in [-0.39, 0.29) is 6.04 Å². The van der Waals surface area contributed by atoms with Gasteiger partial charge in [0.2, 0.25) is 0 Å². The molecule has 0 aliphatic carbocycles. The highest BCUT2D eigenvalue weighted by atomic mass is 16.6. The first-order valence-corrected chi connectivity index (χ1v) is 7.07. The van der Waals surface area contributed by atoms with E-state index < -0.39 is 11.7 Å². The predicted octanol–water partition coefficient (Wildman–Crippen LogP) is 3.36. The van der Waals surface area contributed by atoms with Gasteiger partial charge < -0.3 is 15.8 Å². The summed E-state index contributed by atoms with van der Waals surface area (Å²) in [6, 6.07) is 13.8. The van der Waals surface area contributed by atoms with E-state index in [2.05, 4.69) is 5.32 Å². The molecule has 112 valence electrons. The molecule has 0 aromatic heterocycles. The molecule has 2 rings (SSSR count). The van der Waals surface area contributed by atoms with Gasteiger partial charge in [-0.05, 0) is 37.1 Å². The van der Waals surface area contributed by atoms with Crippen LogP contribution in [-0.4, -0.2) is 18.2 Å². The van der Waals surface area contributed by atoms with Gasteiger partial charge >= 0.3 is 6.09 Å². The average Bonchev–Trinajstić information content (AvgIpc) is 2.42. The third-order valence-electron chi connectivity index (χ3n) is 3.09. The topological polar surface area (TPSA) is 64.3 Å². The Balaban J connectivity index is 2.06. The molecule has 0 aliphatic rings. The predicted molar refractivity (Wildman–Crippen MR) is 85.1 cm³/mol. The molecule has 1 atom stereocenters. The van der Waals surface area contributed by atoms with Crippen molar-refractivity contribution in [3.8, 4) is 0 Å². The Labute approximate surface area is 125 Å². The van der Waals surface area contributed by atoms with Crippen molar-refractivity contribution >= 4 is 16.9 Å². The molecule has 0 fully saturated rings. The number of nitrogens with two attached hydrogens (primary N) is 1. The van der Waals surface area contributed by atoms with Crippen LogP contribution in [0.2, 0.25) is 0 Å². The van der Waals surface area contributed by atoms with Gasteiger partial charge in [-0.25, -0.2) is 4.79 Å². The molecule has 0 radical (unpaired) electrons. The fraction of sp³-hybridized carbons (Fsp3) is 0.353. The zero-order valence-corrected chi connectivity index (χ0v) is 12.7. The van der Waals surface area contributed by atoms with Crippen LogP contribution in [0.4, 0.5) is 4.79 Å². The van der Waals surface area contributed by atoms with E-state index in [4.69, 9.17) is 10.5 Å². The van der Waals surface area contributed by atoms with Crippen LogP contribution in [0.25, 0.3) is 10.8 Å². The summed E-state index contributed by atoms with van der Waals surface area (Å²) in [5, 5.41) is 4.97. The standard InChI is InChI=1S/C17H22N2O2/c1-17(2,3)21-16(20)19-11-15(18)14-10-6-8-12-7-4-5-9-13(12)14/h4-10,15H,11,18H2,1-3H3,(H,19,20)/t15-/m0/s1. The summed E-state index contributed by atoms with van der Waals surface area (Å²) in [5.74, 6) is 0. The molecule has 4 nitrogen and oxygen atoms in total. The molecule has 0 saturated heterocycles. The second-order valence-electron chi connectivity index (χ2n) is 6.06. The Kier molecular flexibility index (Phi) is 4.48. The Morgan fingerprint density at radius 2 is 1.86 bits per heavy atom. The lowest BCUT2D eigenvalue weighted by molar-refractivity contribution is 0.0524. The SMILES string of the molecule is CC(C)(C)OC(=O)NC[C@H](N)c1cccc2ccccc12. The summed E-state index contributed by atoms with van der Waals surface area (Å²) >= 11 is 0. The summed E-state index contributed by atoms with van der Waals surface area (Å²) in [4.78, 5) is 11.7. The number of fused-ring (bicyclic) bond motifs is 1. The van der Waals surface area contributed by atoms with E-state index in [9.17, 15) is 4.79 Å². The van der Waals surface area contributed by atoms with Gasteiger partial charge in [-0.2, -0.15) is 0 Å². The third kappa shape index (κ3) is 4.20. The van der Waals surface area contributed by atoms with Crippen molar-refractivity contribution in [2.45, 2.75) is 32.4 Å². The second-order valence-corrected chi connectivity index (χ2v) is 6.06. The van der Waals surface area contributed by atoms with E-state index in [1.165, 1.54) is 0 Å². The summed E-state index contributed by atoms with van der Waals surface area (Å²) in [7, 11) is 0. The van der Waals surface area contributed by atoms with Crippen LogP contribution in [0.15, 0.2) is 42.5 Å². The first-order chi connectivity index (χ1) is 9.87. The molecule has 2 aromatic rings. The van der Waals surface area contributed by atoms with Crippen LogP contribution in [0.3, 0.4) is 0 Å². The van der Waals surface area contributed by atoms with Gasteiger partial charge in [0.05, 0.1) is 0 Å². The molecule has 0 unspecified atom stereocenters. The summed E-state index contributed by atoms with van der Waals surface area (Å²) in [6.45, 7) is 5.83. The van der Waals surface area contributed by atoms with E-state index in [0.29, 0.717) is 6.54 Å². The van der Waals surface area contributed by atoms with Gasteiger partial charge in [0.25, 0.3) is 0 Å². The van der Waals surface area contributed by atoms with Gasteiger partial charge in [-0.1, -0.05) is 42.5 Å². The molecule has 2 aromatic carbocycles. The minimum Gasteiger partial charge on any atom is -0.444 e. The Morgan fingerprint density at radius 1 is 1.19 bits per heavy atom. The van der Waals surface area contributed by atoms with E-state index in [0.717, 1.165) is 16.3 Å². The van der Waals surface area contributed by atoms with Crippen LogP contribution in [0, 0.1) is 0 Å². The number of rotatable bonds is 3. The summed E-state index contributed by atoms with van der Waals surface area (Å²) in [5.41, 5.74) is 6.71. The maximum absolute atomic E-state index is 11.7. The van der Waals surface area contributed by atoms with Crippen molar-refractivity contribution in [2.24, 2.45) is 5.73 Å². The number of benzene rings is 2. The number of nitrogens with one attached hydrogen (secondary N) is 1. The smallest absolute Gasteiger partial charge is 0.407 e. The largest absolute Gasteiger partial charge is 0.444 e. The zero-order valence-electron chi connectivity index (χ0n) is 12.7. The number of alkyl carbamates (subject to hydrolysis) is 1. The number of carbonyl (C=O) groups is 1. The molecule has 3 N–H and O–H groups in total. The van der Waals surface area contributed by atoms with Gasteiger partial charge in [-0.3, -0.25) is 0 Å². The number of hydrogen-bond acceptors (Lipinski definition) is 3. The Hall–Kier alpha value is -2.07. The number of ether oxygens (including phenoxy) is 1. The van der Waals surface area contributed by atoms with Crippen molar-refractivity contribution in [3.63, 3.8) is 0 Å². The van der Waals surface area contributed by atoms with Crippen molar-refractivity contribution < 1.29 is 9.53 Å². The van der Waals surface area contributed by atoms with Crippen molar-refractivity contribution in [3.05, 3.63) is 48.0 Å². The van der Waals surface area contributed by atoms with Crippen LogP contribution >= 0.6 is 0 Å². The normalized spacial score (nSPS) is 13.0. The molecular weight excluding hydrogens is 264 g/mol. The highest BCUT2D eigenvalue weighted by molar-refractivity contribution is 5.86. The summed E-state index contributed by atoms with van der Waals surface area (Å²) < 4.78 is 5.21. The lowest BCUT2D eigenvalue weighted by Crippen LogP contribution is -2.36. The van der Waals surface area contributed by atoms with Crippen LogP contribution in [0.1, 0.15) is 32.4 Å². The first kappa shape index (κ1) is 15.3. The number of hydrogen-bond donors (Lipinski definition) is 2. The molecule has 1 amide bonds. The molecular formula is C17H22N2O2. The monoisotopic (exact) mass is 286 g/mol. The van der Waals surface area contributed by atoms with Gasteiger partial charge in [-0.15, -0.1) is 0 Å². The van der Waals surface area contributed by atoms with Gasteiger partial charge in [0, 0.05) is 12.6 Å². The van der Waals surface area contributed by atoms with Crippen molar-refractivity contribution in [1.82, 2.24) is 5.32 Å². The fourth-order valence-electron chi connectivity index (χ4n) is 2.19. The molecule has 0 spiro atoms. The molecule has 0 bridgehead atoms. The number of carbonyl (C=O) groups excluding carboxylic acids is 1. The van der Waals surface area contributed by atoms with E-state index in [1.54, 1.807) is 0 Å². The Bertz CT molecular complexity index is 627. The van der Waals surface area contributed by atoms with Gasteiger partial charge in [0.1, 0.15) is 5.60 Å². The molecule has 21 heavy (non-hydrogen) atoms. The zero-order chi connectivity index (χ0) is 15.5. The van der Waals surface area contributed by atoms with E-state index >= 15 is 0 Å². The minimum absolute atomic E-state index is 0.274. The third-order valence-corrected chi connectivity index (χ3v) is 3.09. The molecule has 0 saturated carbocycles. The van der Waals surface area contributed by atoms with Crippen LogP contribution in [0.5, 0.6) is 0 Å². The van der Waals surface area contributed by atoms with Crippen LogP contribution in [-0.2, 0) is 4.74 Å². The van der Waals surface area contributed by atoms with Crippen molar-refractivity contribution in [2.75, 3.05) is 6.54 Å². The maximum atomic E-state index is 11.7. The van der Waals surface area contributed by atoms with Crippen LogP contribution < -0.4 is 11.1 Å². The lowest BCUT2D eigenvalue weighted by atomic mass is 9.99. The maximum Gasteiger partial charge on any atom is 0.407 e. The van der Waals surface area contributed by atoms with Crippen molar-refractivity contribution in [1.29, 1.82) is 0 Å². The molecule has 0 aliphatic heterocycles. The first-order valence-electron chi connectivity index (χ1n) is 7.07. The highest BCUT2D eigenvalue weighted by Gasteiger charge is 2.17. The van der Waals surface area contributed by atoms with E-state index in [1.807, 2.05) is 63.2 Å². The lowest BCUT2D eigenvalue weighted by Gasteiger charge is -2.21. The molecule has 0 heterocycles. The quantitative estimate of drug-likeness (QED) is 0.909.